The van der Waals surface area contributed by atoms with E-state index in [1.807, 2.05) is 37.3 Å². The number of rotatable bonds is 5. The van der Waals surface area contributed by atoms with Crippen molar-refractivity contribution in [2.75, 3.05) is 29.1 Å². The topological polar surface area (TPSA) is 66.9 Å². The van der Waals surface area contributed by atoms with E-state index in [0.717, 1.165) is 33.8 Å². The minimum absolute atomic E-state index is 0.256. The van der Waals surface area contributed by atoms with Gasteiger partial charge >= 0.3 is 0 Å². The molecule has 1 aliphatic heterocycles. The van der Waals surface area contributed by atoms with Crippen LogP contribution >= 0.6 is 0 Å². The number of aryl methyl sites for hydroxylation is 1. The van der Waals surface area contributed by atoms with Gasteiger partial charge in [0, 0.05) is 12.2 Å². The van der Waals surface area contributed by atoms with E-state index in [1.54, 1.807) is 24.0 Å². The number of amides is 1. The maximum absolute atomic E-state index is 13.2. The molecule has 0 N–H and O–H groups in total. The highest BCUT2D eigenvalue weighted by molar-refractivity contribution is 7.92. The van der Waals surface area contributed by atoms with E-state index in [4.69, 9.17) is 4.74 Å². The Kier molecular flexibility index (Phi) is 5.15. The van der Waals surface area contributed by atoms with Gasteiger partial charge in [-0.2, -0.15) is 0 Å². The Morgan fingerprint density at radius 3 is 2.59 bits per heavy atom. The summed E-state index contributed by atoms with van der Waals surface area (Å²) in [4.78, 5) is 14.9. The molecule has 1 heterocycles. The maximum atomic E-state index is 13.2. The summed E-state index contributed by atoms with van der Waals surface area (Å²) in [6.45, 7) is 4.03. The summed E-state index contributed by atoms with van der Waals surface area (Å²) in [5, 5.41) is 0. The molecule has 0 radical (unpaired) electrons. The molecule has 0 aliphatic carbocycles. The summed E-state index contributed by atoms with van der Waals surface area (Å²) in [7, 11) is -2.23. The van der Waals surface area contributed by atoms with E-state index >= 15 is 0 Å². The quantitative estimate of drug-likeness (QED) is 0.790. The molecule has 0 saturated carbocycles. The van der Waals surface area contributed by atoms with Gasteiger partial charge in [-0.25, -0.2) is 8.42 Å². The summed E-state index contributed by atoms with van der Waals surface area (Å²) in [6, 6.07) is 12.1. The molecule has 144 valence electrons. The predicted molar refractivity (Wildman–Crippen MR) is 107 cm³/mol. The van der Waals surface area contributed by atoms with Crippen LogP contribution in [0.4, 0.5) is 11.4 Å². The van der Waals surface area contributed by atoms with Gasteiger partial charge in [0.2, 0.25) is 10.0 Å². The van der Waals surface area contributed by atoms with Gasteiger partial charge in [-0.15, -0.1) is 0 Å². The van der Waals surface area contributed by atoms with Gasteiger partial charge in [-0.1, -0.05) is 24.3 Å². The third kappa shape index (κ3) is 3.64. The normalized spacial score (nSPS) is 14.6. The smallest absolute Gasteiger partial charge is 0.250 e. The number of nitrogens with zero attached hydrogens (tertiary/aromatic N) is 2. The Balaban J connectivity index is 2.02. The number of sulfonamides is 1. The van der Waals surface area contributed by atoms with Crippen LogP contribution in [-0.4, -0.2) is 40.3 Å². The molecule has 1 atom stereocenters. The van der Waals surface area contributed by atoms with Crippen LogP contribution in [0.25, 0.3) is 0 Å². The van der Waals surface area contributed by atoms with Crippen molar-refractivity contribution in [2.24, 2.45) is 0 Å². The van der Waals surface area contributed by atoms with Crippen molar-refractivity contribution in [1.82, 2.24) is 0 Å². The fraction of sp³-hybridized carbons (Fsp3) is 0.350. The van der Waals surface area contributed by atoms with E-state index < -0.39 is 16.1 Å². The van der Waals surface area contributed by atoms with E-state index in [2.05, 4.69) is 0 Å². The second kappa shape index (κ2) is 7.23. The summed E-state index contributed by atoms with van der Waals surface area (Å²) in [5.74, 6) is 0.154. The summed E-state index contributed by atoms with van der Waals surface area (Å²) >= 11 is 0. The van der Waals surface area contributed by atoms with Crippen LogP contribution in [0.2, 0.25) is 0 Å². The Hall–Kier alpha value is -2.54. The summed E-state index contributed by atoms with van der Waals surface area (Å²) in [6.07, 6.45) is 1.87. The van der Waals surface area contributed by atoms with Gasteiger partial charge in [0.1, 0.15) is 11.8 Å². The zero-order valence-corrected chi connectivity index (χ0v) is 16.8. The van der Waals surface area contributed by atoms with Gasteiger partial charge in [-0.05, 0) is 49.6 Å². The molecule has 0 spiro atoms. The van der Waals surface area contributed by atoms with Crippen LogP contribution in [0.3, 0.4) is 0 Å². The lowest BCUT2D eigenvalue weighted by atomic mass is 10.1. The molecule has 1 amide bonds. The average molecular weight is 388 g/mol. The molecular formula is C20H24N2O4S. The van der Waals surface area contributed by atoms with Crippen molar-refractivity contribution in [2.45, 2.75) is 26.3 Å². The van der Waals surface area contributed by atoms with Gasteiger partial charge < -0.3 is 9.64 Å². The van der Waals surface area contributed by atoms with Gasteiger partial charge in [0.05, 0.1) is 19.1 Å². The third-order valence-electron chi connectivity index (χ3n) is 4.79. The van der Waals surface area contributed by atoms with E-state index in [1.165, 1.54) is 7.11 Å². The first-order valence-electron chi connectivity index (χ1n) is 8.77. The first-order chi connectivity index (χ1) is 12.7. The van der Waals surface area contributed by atoms with Crippen LogP contribution in [0.1, 0.15) is 18.1 Å². The lowest BCUT2D eigenvalue weighted by molar-refractivity contribution is -0.119. The van der Waals surface area contributed by atoms with Crippen molar-refractivity contribution in [3.05, 3.63) is 53.6 Å². The molecule has 0 bridgehead atoms. The molecule has 0 fully saturated rings. The molecule has 1 aliphatic rings. The van der Waals surface area contributed by atoms with Gasteiger partial charge in [0.15, 0.2) is 0 Å². The Morgan fingerprint density at radius 2 is 1.93 bits per heavy atom. The zero-order valence-electron chi connectivity index (χ0n) is 16.0. The lowest BCUT2D eigenvalue weighted by Gasteiger charge is -2.32. The lowest BCUT2D eigenvalue weighted by Crippen LogP contribution is -2.49. The molecule has 0 saturated heterocycles. The summed E-state index contributed by atoms with van der Waals surface area (Å²) in [5.41, 5.74) is 3.19. The number of methoxy groups -OCH3 is 1. The fourth-order valence-corrected chi connectivity index (χ4v) is 4.70. The standard InChI is InChI=1S/C20H24N2O4S/c1-14-9-10-19(26-3)18(13-14)22(27(4,24)25)15(2)20(23)21-12-11-16-7-5-6-8-17(16)21/h5-10,13,15H,11-12H2,1-4H3/t15-/m1/s1. The van der Waals surface area contributed by atoms with E-state index in [0.29, 0.717) is 18.0 Å². The molecule has 6 nitrogen and oxygen atoms in total. The van der Waals surface area contributed by atoms with Gasteiger partial charge in [-0.3, -0.25) is 9.10 Å². The second-order valence-electron chi connectivity index (χ2n) is 6.78. The Morgan fingerprint density at radius 1 is 1.22 bits per heavy atom. The van der Waals surface area contributed by atoms with Gasteiger partial charge in [0.25, 0.3) is 5.91 Å². The van der Waals surface area contributed by atoms with Crippen LogP contribution < -0.4 is 13.9 Å². The largest absolute Gasteiger partial charge is 0.495 e. The SMILES string of the molecule is COc1ccc(C)cc1N([C@H](C)C(=O)N1CCc2ccccc21)S(C)(=O)=O. The number of hydrogen-bond donors (Lipinski definition) is 0. The number of para-hydroxylation sites is 1. The number of fused-ring (bicyclic) bond motifs is 1. The highest BCUT2D eigenvalue weighted by atomic mass is 32.2. The van der Waals surface area contributed by atoms with Crippen molar-refractivity contribution in [3.63, 3.8) is 0 Å². The average Bonchev–Trinajstić information content (AvgIpc) is 3.04. The zero-order chi connectivity index (χ0) is 19.8. The Bertz CT molecular complexity index is 972. The molecule has 3 rings (SSSR count). The molecule has 2 aromatic rings. The van der Waals surface area contributed by atoms with Crippen LogP contribution in [0.15, 0.2) is 42.5 Å². The number of carbonyl (C=O) groups excluding carboxylic acids is 1. The molecule has 7 heteroatoms. The van der Waals surface area contributed by atoms with Crippen molar-refractivity contribution >= 4 is 27.3 Å². The van der Waals surface area contributed by atoms with Crippen LogP contribution in [-0.2, 0) is 21.2 Å². The van der Waals surface area contributed by atoms with E-state index in [-0.39, 0.29) is 5.91 Å². The molecule has 0 aromatic heterocycles. The molecule has 0 unspecified atom stereocenters. The summed E-state index contributed by atoms with van der Waals surface area (Å²) < 4.78 is 31.7. The first kappa shape index (κ1) is 19.2. The monoisotopic (exact) mass is 388 g/mol. The fourth-order valence-electron chi connectivity index (χ4n) is 3.54. The maximum Gasteiger partial charge on any atom is 0.250 e. The number of carbonyl (C=O) groups is 1. The second-order valence-corrected chi connectivity index (χ2v) is 8.64. The number of anilines is 2. The minimum atomic E-state index is -3.71. The van der Waals surface area contributed by atoms with Crippen LogP contribution in [0, 0.1) is 6.92 Å². The van der Waals surface area contributed by atoms with Crippen molar-refractivity contribution < 1.29 is 17.9 Å². The number of ether oxygens (including phenoxy) is 1. The molecule has 27 heavy (non-hydrogen) atoms. The highest BCUT2D eigenvalue weighted by Gasteiger charge is 2.36. The van der Waals surface area contributed by atoms with Crippen molar-refractivity contribution in [1.29, 1.82) is 0 Å². The van der Waals surface area contributed by atoms with Crippen molar-refractivity contribution in [3.8, 4) is 5.75 Å². The molecule has 2 aromatic carbocycles. The predicted octanol–water partition coefficient (Wildman–Crippen LogP) is 2.75. The number of benzene rings is 2. The minimum Gasteiger partial charge on any atom is -0.495 e. The highest BCUT2D eigenvalue weighted by Crippen LogP contribution is 2.34. The third-order valence-corrected chi connectivity index (χ3v) is 6.02. The van der Waals surface area contributed by atoms with E-state index in [9.17, 15) is 13.2 Å². The molecular weight excluding hydrogens is 364 g/mol. The first-order valence-corrected chi connectivity index (χ1v) is 10.6. The van der Waals surface area contributed by atoms with Crippen LogP contribution in [0.5, 0.6) is 5.75 Å². The number of hydrogen-bond acceptors (Lipinski definition) is 4. The Labute approximate surface area is 160 Å².